The predicted octanol–water partition coefficient (Wildman–Crippen LogP) is 0.858. The first-order chi connectivity index (χ1) is 10.2. The van der Waals surface area contributed by atoms with Gasteiger partial charge in [0.05, 0.1) is 11.7 Å². The standard InChI is InChI=1S/C16H22N2O3/c1-2-11-12(3-4-13-14(11)10-21-16(13)20)15(19)9-18-7-5-17-6-8-18/h3-4,15,17,19H,2,5-10H2,1H3. The van der Waals surface area contributed by atoms with E-state index in [0.717, 1.165) is 49.3 Å². The van der Waals surface area contributed by atoms with Crippen LogP contribution in [0.25, 0.3) is 0 Å². The molecular weight excluding hydrogens is 268 g/mol. The van der Waals surface area contributed by atoms with Crippen molar-refractivity contribution in [2.75, 3.05) is 32.7 Å². The third-order valence-electron chi connectivity index (χ3n) is 4.39. The van der Waals surface area contributed by atoms with Crippen LogP contribution in [0.1, 0.15) is 40.1 Å². The molecule has 2 N–H and O–H groups in total. The van der Waals surface area contributed by atoms with E-state index < -0.39 is 6.10 Å². The van der Waals surface area contributed by atoms with Gasteiger partial charge in [0.25, 0.3) is 0 Å². The number of aliphatic hydroxyl groups excluding tert-OH is 1. The van der Waals surface area contributed by atoms with Gasteiger partial charge >= 0.3 is 5.97 Å². The number of ether oxygens (including phenoxy) is 1. The van der Waals surface area contributed by atoms with Gasteiger partial charge in [-0.05, 0) is 23.6 Å². The summed E-state index contributed by atoms with van der Waals surface area (Å²) in [5.74, 6) is -0.247. The number of nitrogens with one attached hydrogen (secondary N) is 1. The van der Waals surface area contributed by atoms with Crippen molar-refractivity contribution in [1.82, 2.24) is 10.2 Å². The van der Waals surface area contributed by atoms with E-state index in [1.165, 1.54) is 0 Å². The van der Waals surface area contributed by atoms with Crippen LogP contribution >= 0.6 is 0 Å². The minimum atomic E-state index is -0.515. The maximum absolute atomic E-state index is 11.6. The number of esters is 1. The number of aliphatic hydroxyl groups is 1. The molecule has 5 nitrogen and oxygen atoms in total. The molecule has 0 amide bonds. The van der Waals surface area contributed by atoms with Gasteiger partial charge in [-0.1, -0.05) is 13.0 Å². The normalized spacial score (nSPS) is 20.2. The van der Waals surface area contributed by atoms with E-state index in [4.69, 9.17) is 4.74 Å². The van der Waals surface area contributed by atoms with Crippen molar-refractivity contribution in [3.63, 3.8) is 0 Å². The fourth-order valence-electron chi connectivity index (χ4n) is 3.25. The van der Waals surface area contributed by atoms with Crippen LogP contribution in [-0.2, 0) is 17.8 Å². The van der Waals surface area contributed by atoms with Crippen LogP contribution in [0.15, 0.2) is 12.1 Å². The first kappa shape index (κ1) is 14.5. The molecule has 2 heterocycles. The molecule has 1 atom stereocenters. The quantitative estimate of drug-likeness (QED) is 0.805. The fourth-order valence-corrected chi connectivity index (χ4v) is 3.25. The van der Waals surface area contributed by atoms with E-state index in [-0.39, 0.29) is 5.97 Å². The van der Waals surface area contributed by atoms with Gasteiger partial charge < -0.3 is 15.2 Å². The number of piperazine rings is 1. The summed E-state index contributed by atoms with van der Waals surface area (Å²) in [7, 11) is 0. The molecule has 0 aliphatic carbocycles. The molecule has 3 rings (SSSR count). The summed E-state index contributed by atoms with van der Waals surface area (Å²) in [6.45, 7) is 6.91. The maximum Gasteiger partial charge on any atom is 0.338 e. The van der Waals surface area contributed by atoms with E-state index in [1.54, 1.807) is 6.07 Å². The van der Waals surface area contributed by atoms with Gasteiger partial charge in [0.1, 0.15) is 6.61 Å². The number of cyclic esters (lactones) is 1. The molecule has 0 saturated carbocycles. The lowest BCUT2D eigenvalue weighted by molar-refractivity contribution is 0.0534. The van der Waals surface area contributed by atoms with Crippen LogP contribution in [0.5, 0.6) is 0 Å². The SMILES string of the molecule is CCc1c(C(O)CN2CCNCC2)ccc2c1COC2=O. The van der Waals surface area contributed by atoms with Crippen LogP contribution < -0.4 is 5.32 Å². The highest BCUT2D eigenvalue weighted by molar-refractivity contribution is 5.94. The van der Waals surface area contributed by atoms with Gasteiger partial charge in [0.2, 0.25) is 0 Å². The monoisotopic (exact) mass is 290 g/mol. The summed E-state index contributed by atoms with van der Waals surface area (Å²) in [6.07, 6.45) is 0.285. The van der Waals surface area contributed by atoms with Crippen molar-refractivity contribution >= 4 is 5.97 Å². The van der Waals surface area contributed by atoms with Crippen molar-refractivity contribution in [2.45, 2.75) is 26.1 Å². The zero-order valence-electron chi connectivity index (χ0n) is 12.4. The van der Waals surface area contributed by atoms with Crippen molar-refractivity contribution in [3.05, 3.63) is 34.4 Å². The number of fused-ring (bicyclic) bond motifs is 1. The molecule has 114 valence electrons. The largest absolute Gasteiger partial charge is 0.457 e. The van der Waals surface area contributed by atoms with Crippen LogP contribution in [-0.4, -0.2) is 48.7 Å². The Hall–Kier alpha value is -1.43. The number of β-amino-alcohol motifs (C(OH)–C–C–N with tert-alkyl or cyclic N) is 1. The first-order valence-corrected chi connectivity index (χ1v) is 7.63. The third-order valence-corrected chi connectivity index (χ3v) is 4.39. The lowest BCUT2D eigenvalue weighted by atomic mass is 9.92. The lowest BCUT2D eigenvalue weighted by Gasteiger charge is -2.30. The molecule has 0 radical (unpaired) electrons. The summed E-state index contributed by atoms with van der Waals surface area (Å²) in [6, 6.07) is 3.68. The summed E-state index contributed by atoms with van der Waals surface area (Å²) in [5.41, 5.74) is 3.62. The highest BCUT2D eigenvalue weighted by atomic mass is 16.5. The van der Waals surface area contributed by atoms with E-state index in [0.29, 0.717) is 18.7 Å². The topological polar surface area (TPSA) is 61.8 Å². The van der Waals surface area contributed by atoms with E-state index in [2.05, 4.69) is 17.1 Å². The van der Waals surface area contributed by atoms with Crippen molar-refractivity contribution in [3.8, 4) is 0 Å². The number of carbonyl (C=O) groups excluding carboxylic acids is 1. The zero-order chi connectivity index (χ0) is 14.8. The third kappa shape index (κ3) is 2.81. The van der Waals surface area contributed by atoms with Crippen molar-refractivity contribution in [2.24, 2.45) is 0 Å². The minimum absolute atomic E-state index is 0.247. The van der Waals surface area contributed by atoms with E-state index in [1.807, 2.05) is 6.07 Å². The summed E-state index contributed by atoms with van der Waals surface area (Å²) in [5, 5.41) is 13.9. The van der Waals surface area contributed by atoms with Gasteiger partial charge in [-0.3, -0.25) is 4.90 Å². The molecule has 1 saturated heterocycles. The van der Waals surface area contributed by atoms with Crippen LogP contribution in [0.2, 0.25) is 0 Å². The Balaban J connectivity index is 1.82. The Kier molecular flexibility index (Phi) is 4.24. The minimum Gasteiger partial charge on any atom is -0.457 e. The molecule has 21 heavy (non-hydrogen) atoms. The molecule has 0 bridgehead atoms. The average Bonchev–Trinajstić information content (AvgIpc) is 2.89. The number of rotatable bonds is 4. The second-order valence-corrected chi connectivity index (χ2v) is 5.66. The molecular formula is C16H22N2O3. The molecule has 0 aromatic heterocycles. The van der Waals surface area contributed by atoms with Crippen molar-refractivity contribution in [1.29, 1.82) is 0 Å². The van der Waals surface area contributed by atoms with E-state index >= 15 is 0 Å². The van der Waals surface area contributed by atoms with Crippen LogP contribution in [0.4, 0.5) is 0 Å². The second-order valence-electron chi connectivity index (χ2n) is 5.66. The summed E-state index contributed by atoms with van der Waals surface area (Å²) >= 11 is 0. The zero-order valence-corrected chi connectivity index (χ0v) is 12.4. The van der Waals surface area contributed by atoms with Crippen LogP contribution in [0.3, 0.4) is 0 Å². The Morgan fingerprint density at radius 2 is 2.14 bits per heavy atom. The fraction of sp³-hybridized carbons (Fsp3) is 0.562. The molecule has 0 spiro atoms. The highest BCUT2D eigenvalue weighted by Gasteiger charge is 2.27. The van der Waals surface area contributed by atoms with Gasteiger partial charge in [0.15, 0.2) is 0 Å². The number of hydrogen-bond donors (Lipinski definition) is 2. The average molecular weight is 290 g/mol. The maximum atomic E-state index is 11.6. The molecule has 2 aliphatic rings. The Morgan fingerprint density at radius 3 is 2.86 bits per heavy atom. The lowest BCUT2D eigenvalue weighted by Crippen LogP contribution is -2.45. The van der Waals surface area contributed by atoms with Gasteiger partial charge in [-0.15, -0.1) is 0 Å². The Morgan fingerprint density at radius 1 is 1.38 bits per heavy atom. The highest BCUT2D eigenvalue weighted by Crippen LogP contribution is 2.30. The predicted molar refractivity (Wildman–Crippen MR) is 79.2 cm³/mol. The summed E-state index contributed by atoms with van der Waals surface area (Å²) < 4.78 is 5.11. The smallest absolute Gasteiger partial charge is 0.338 e. The number of carbonyl (C=O) groups is 1. The van der Waals surface area contributed by atoms with E-state index in [9.17, 15) is 9.90 Å². The summed E-state index contributed by atoms with van der Waals surface area (Å²) in [4.78, 5) is 13.9. The molecule has 1 unspecified atom stereocenters. The Labute approximate surface area is 124 Å². The Bertz CT molecular complexity index is 539. The molecule has 1 aromatic rings. The second kappa shape index (κ2) is 6.13. The number of nitrogens with zero attached hydrogens (tertiary/aromatic N) is 1. The molecule has 1 fully saturated rings. The first-order valence-electron chi connectivity index (χ1n) is 7.63. The molecule has 2 aliphatic heterocycles. The molecule has 1 aromatic carbocycles. The molecule has 5 heteroatoms. The van der Waals surface area contributed by atoms with Gasteiger partial charge in [-0.2, -0.15) is 0 Å². The number of hydrogen-bond acceptors (Lipinski definition) is 5. The van der Waals surface area contributed by atoms with Gasteiger partial charge in [0, 0.05) is 38.3 Å². The number of benzene rings is 1. The van der Waals surface area contributed by atoms with Crippen LogP contribution in [0, 0.1) is 0 Å². The van der Waals surface area contributed by atoms with Crippen molar-refractivity contribution < 1.29 is 14.6 Å². The van der Waals surface area contributed by atoms with Gasteiger partial charge in [-0.25, -0.2) is 4.79 Å².